The summed E-state index contributed by atoms with van der Waals surface area (Å²) in [7, 11) is -6.40. The number of sulfone groups is 1. The average Bonchev–Trinajstić information content (AvgIpc) is 2.36. The predicted octanol–water partition coefficient (Wildman–Crippen LogP) is 0.0656. The van der Waals surface area contributed by atoms with E-state index in [0.717, 1.165) is 0 Å². The quantitative estimate of drug-likeness (QED) is 0.687. The fourth-order valence-corrected chi connectivity index (χ4v) is 4.78. The first kappa shape index (κ1) is 14.2. The minimum absolute atomic E-state index is 0.00342. The molecule has 0 bridgehead atoms. The van der Waals surface area contributed by atoms with Gasteiger partial charge in [0.05, 0.1) is 17.3 Å². The fourth-order valence-electron chi connectivity index (χ4n) is 1.56. The van der Waals surface area contributed by atoms with Gasteiger partial charge < -0.3 is 0 Å². The van der Waals surface area contributed by atoms with Crippen LogP contribution in [-0.2, 0) is 19.9 Å². The second kappa shape index (κ2) is 5.66. The van der Waals surface area contributed by atoms with E-state index >= 15 is 0 Å². The first-order valence-electron chi connectivity index (χ1n) is 5.11. The summed E-state index contributed by atoms with van der Waals surface area (Å²) in [6.45, 7) is 0.372. The molecule has 0 amide bonds. The number of nitrogens with zero attached hydrogens (tertiary/aromatic N) is 1. The lowest BCUT2D eigenvalue weighted by Crippen LogP contribution is -2.35. The molecule has 0 N–H and O–H groups in total. The van der Waals surface area contributed by atoms with E-state index in [4.69, 9.17) is 11.6 Å². The van der Waals surface area contributed by atoms with Gasteiger partial charge in [0.1, 0.15) is 0 Å². The largest absolute Gasteiger partial charge is 0.229 e. The Morgan fingerprint density at radius 3 is 2.50 bits per heavy atom. The molecule has 1 aliphatic heterocycles. The van der Waals surface area contributed by atoms with Gasteiger partial charge in [0, 0.05) is 19.0 Å². The third kappa shape index (κ3) is 4.20. The Kier molecular flexibility index (Phi) is 5.03. The van der Waals surface area contributed by atoms with Gasteiger partial charge in [-0.05, 0) is 12.8 Å². The van der Waals surface area contributed by atoms with Gasteiger partial charge in [-0.3, -0.25) is 0 Å². The van der Waals surface area contributed by atoms with Gasteiger partial charge in [-0.2, -0.15) is 0 Å². The lowest BCUT2D eigenvalue weighted by atomic mass is 10.5. The zero-order chi connectivity index (χ0) is 12.2. The number of halogens is 1. The number of alkyl halides is 1. The van der Waals surface area contributed by atoms with Crippen molar-refractivity contribution in [2.75, 3.05) is 36.2 Å². The predicted molar refractivity (Wildman–Crippen MR) is 64.0 cm³/mol. The van der Waals surface area contributed by atoms with Crippen LogP contribution in [0.25, 0.3) is 0 Å². The molecular formula is C8H16ClNO4S2. The Hall–Kier alpha value is 0.150. The molecule has 0 aromatic heterocycles. The van der Waals surface area contributed by atoms with Gasteiger partial charge in [-0.25, -0.2) is 21.1 Å². The summed E-state index contributed by atoms with van der Waals surface area (Å²) >= 11 is 5.45. The van der Waals surface area contributed by atoms with Crippen LogP contribution >= 0.6 is 11.6 Å². The first-order chi connectivity index (χ1) is 7.37. The Morgan fingerprint density at radius 1 is 1.19 bits per heavy atom. The van der Waals surface area contributed by atoms with E-state index in [9.17, 15) is 16.8 Å². The van der Waals surface area contributed by atoms with Crippen molar-refractivity contribution in [2.45, 2.75) is 12.8 Å². The highest BCUT2D eigenvalue weighted by atomic mass is 35.5. The third-order valence-corrected chi connectivity index (χ3v) is 6.38. The van der Waals surface area contributed by atoms with Crippen molar-refractivity contribution in [1.82, 2.24) is 4.31 Å². The summed E-state index contributed by atoms with van der Waals surface area (Å²) in [5, 5.41) is 0. The molecule has 0 aliphatic carbocycles. The van der Waals surface area contributed by atoms with E-state index in [2.05, 4.69) is 0 Å². The van der Waals surface area contributed by atoms with Crippen LogP contribution in [0, 0.1) is 0 Å². The maximum atomic E-state index is 11.8. The molecule has 0 unspecified atom stereocenters. The molecule has 1 fully saturated rings. The highest BCUT2D eigenvalue weighted by Crippen LogP contribution is 2.11. The summed E-state index contributed by atoms with van der Waals surface area (Å²) in [6, 6.07) is 0. The van der Waals surface area contributed by atoms with E-state index in [-0.39, 0.29) is 23.8 Å². The van der Waals surface area contributed by atoms with Crippen molar-refractivity contribution in [1.29, 1.82) is 0 Å². The zero-order valence-corrected chi connectivity index (χ0v) is 11.3. The molecular weight excluding hydrogens is 274 g/mol. The van der Waals surface area contributed by atoms with Crippen molar-refractivity contribution in [3.05, 3.63) is 0 Å². The molecule has 1 rings (SSSR count). The van der Waals surface area contributed by atoms with Crippen LogP contribution in [0.5, 0.6) is 0 Å². The second-order valence-corrected chi connectivity index (χ2v) is 8.53. The van der Waals surface area contributed by atoms with Crippen LogP contribution in [0.1, 0.15) is 12.8 Å². The Bertz CT molecular complexity index is 417. The lowest BCUT2D eigenvalue weighted by molar-refractivity contribution is 0.434. The van der Waals surface area contributed by atoms with Crippen molar-refractivity contribution in [3.8, 4) is 0 Å². The summed E-state index contributed by atoms with van der Waals surface area (Å²) in [5.74, 6) is 0.295. The van der Waals surface area contributed by atoms with E-state index in [1.54, 1.807) is 0 Å². The number of sulfonamides is 1. The summed E-state index contributed by atoms with van der Waals surface area (Å²) in [5.41, 5.74) is 0. The van der Waals surface area contributed by atoms with Gasteiger partial charge >= 0.3 is 0 Å². The standard InChI is InChI=1S/C8H16ClNO4S2/c9-3-1-7-16(13,14)10-4-2-6-15(11,12)8-5-10/h1-8H2. The number of hydrogen-bond donors (Lipinski definition) is 0. The van der Waals surface area contributed by atoms with Crippen LogP contribution in [0.2, 0.25) is 0 Å². The molecule has 0 aromatic carbocycles. The van der Waals surface area contributed by atoms with Gasteiger partial charge in [0.2, 0.25) is 10.0 Å². The molecule has 0 radical (unpaired) electrons. The summed E-state index contributed by atoms with van der Waals surface area (Å²) in [6.07, 6.45) is 0.773. The lowest BCUT2D eigenvalue weighted by Gasteiger charge is -2.18. The molecule has 96 valence electrons. The van der Waals surface area contributed by atoms with Crippen molar-refractivity contribution in [2.24, 2.45) is 0 Å². The van der Waals surface area contributed by atoms with Crippen molar-refractivity contribution in [3.63, 3.8) is 0 Å². The fraction of sp³-hybridized carbons (Fsp3) is 1.00. The smallest absolute Gasteiger partial charge is 0.214 e. The minimum atomic E-state index is -3.33. The van der Waals surface area contributed by atoms with Gasteiger partial charge in [0.25, 0.3) is 0 Å². The maximum absolute atomic E-state index is 11.8. The Balaban J connectivity index is 2.67. The van der Waals surface area contributed by atoms with E-state index in [0.29, 0.717) is 25.3 Å². The van der Waals surface area contributed by atoms with E-state index in [1.165, 1.54) is 4.31 Å². The first-order valence-corrected chi connectivity index (χ1v) is 9.08. The molecule has 1 heterocycles. The molecule has 0 aromatic rings. The minimum Gasteiger partial charge on any atom is -0.229 e. The highest BCUT2D eigenvalue weighted by molar-refractivity contribution is 7.91. The molecule has 8 heteroatoms. The normalized spacial score (nSPS) is 22.8. The average molecular weight is 290 g/mol. The van der Waals surface area contributed by atoms with Crippen molar-refractivity contribution >= 4 is 31.5 Å². The topological polar surface area (TPSA) is 71.5 Å². The van der Waals surface area contributed by atoms with Gasteiger partial charge in [-0.1, -0.05) is 0 Å². The monoisotopic (exact) mass is 289 g/mol. The summed E-state index contributed by atoms with van der Waals surface area (Å²) < 4.78 is 47.5. The number of hydrogen-bond acceptors (Lipinski definition) is 4. The van der Waals surface area contributed by atoms with Crippen LogP contribution < -0.4 is 0 Å². The second-order valence-electron chi connectivity index (χ2n) is 3.76. The molecule has 0 spiro atoms. The van der Waals surface area contributed by atoms with E-state index in [1.807, 2.05) is 0 Å². The van der Waals surface area contributed by atoms with Gasteiger partial charge in [0.15, 0.2) is 9.84 Å². The SMILES string of the molecule is O=S1(=O)CCCN(S(=O)(=O)CCCCl)CC1. The van der Waals surface area contributed by atoms with Crippen molar-refractivity contribution < 1.29 is 16.8 Å². The molecule has 16 heavy (non-hydrogen) atoms. The van der Waals surface area contributed by atoms with Gasteiger partial charge in [-0.15, -0.1) is 11.6 Å². The summed E-state index contributed by atoms with van der Waals surface area (Å²) in [4.78, 5) is 0. The van der Waals surface area contributed by atoms with Crippen LogP contribution in [-0.4, -0.2) is 57.4 Å². The van der Waals surface area contributed by atoms with Crippen LogP contribution in [0.4, 0.5) is 0 Å². The molecule has 5 nitrogen and oxygen atoms in total. The Labute approximate surface area is 102 Å². The highest BCUT2D eigenvalue weighted by Gasteiger charge is 2.26. The number of rotatable bonds is 4. The van der Waals surface area contributed by atoms with Crippen LogP contribution in [0.15, 0.2) is 0 Å². The molecule has 0 saturated carbocycles. The molecule has 1 saturated heterocycles. The van der Waals surface area contributed by atoms with E-state index < -0.39 is 19.9 Å². The Morgan fingerprint density at radius 2 is 1.88 bits per heavy atom. The van der Waals surface area contributed by atoms with Crippen LogP contribution in [0.3, 0.4) is 0 Å². The molecule has 1 aliphatic rings. The zero-order valence-electron chi connectivity index (χ0n) is 8.93. The third-order valence-electron chi connectivity index (χ3n) is 2.44. The maximum Gasteiger partial charge on any atom is 0.214 e. The molecule has 0 atom stereocenters.